The highest BCUT2D eigenvalue weighted by Gasteiger charge is 1.98. The van der Waals surface area contributed by atoms with Gasteiger partial charge in [-0.25, -0.2) is 4.68 Å². The number of nitrogens with one attached hydrogen (secondary N) is 1. The Kier molecular flexibility index (Phi) is 2.82. The first kappa shape index (κ1) is 10.2. The summed E-state index contributed by atoms with van der Waals surface area (Å²) in [6, 6.07) is 9.25. The summed E-state index contributed by atoms with van der Waals surface area (Å²) in [6.07, 6.45) is 4.81. The van der Waals surface area contributed by atoms with Crippen LogP contribution in [-0.4, -0.2) is 15.7 Å². The monoisotopic (exact) mass is 213 g/mol. The van der Waals surface area contributed by atoms with Crippen LogP contribution in [0.2, 0.25) is 0 Å². The lowest BCUT2D eigenvalue weighted by Crippen LogP contribution is -2.07. The van der Waals surface area contributed by atoms with Gasteiger partial charge < -0.3 is 5.32 Å². The molecule has 1 aromatic carbocycles. The van der Waals surface area contributed by atoms with Gasteiger partial charge in [-0.05, 0) is 36.4 Å². The van der Waals surface area contributed by atoms with Crippen LogP contribution in [0.5, 0.6) is 0 Å². The number of aromatic nitrogens is 2. The van der Waals surface area contributed by atoms with Crippen LogP contribution >= 0.6 is 0 Å². The van der Waals surface area contributed by atoms with Crippen molar-refractivity contribution in [3.8, 4) is 5.69 Å². The molecule has 1 heterocycles. The zero-order valence-electron chi connectivity index (χ0n) is 8.63. The van der Waals surface area contributed by atoms with Crippen molar-refractivity contribution in [1.29, 1.82) is 0 Å². The van der Waals surface area contributed by atoms with E-state index in [1.165, 1.54) is 6.08 Å². The van der Waals surface area contributed by atoms with E-state index in [-0.39, 0.29) is 5.91 Å². The van der Waals surface area contributed by atoms with Crippen LogP contribution in [0.25, 0.3) is 5.69 Å². The number of amides is 1. The summed E-state index contributed by atoms with van der Waals surface area (Å²) in [5, 5.41) is 6.78. The molecule has 2 aromatic rings. The normalized spacial score (nSPS) is 9.75. The van der Waals surface area contributed by atoms with Crippen molar-refractivity contribution < 1.29 is 4.79 Å². The molecular weight excluding hydrogens is 202 g/mol. The molecule has 0 spiro atoms. The van der Waals surface area contributed by atoms with Crippen LogP contribution < -0.4 is 5.32 Å². The summed E-state index contributed by atoms with van der Waals surface area (Å²) in [5.41, 5.74) is 1.68. The topological polar surface area (TPSA) is 46.9 Å². The molecule has 0 aliphatic rings. The Morgan fingerprint density at radius 1 is 1.38 bits per heavy atom. The summed E-state index contributed by atoms with van der Waals surface area (Å²) < 4.78 is 1.75. The molecule has 0 aliphatic heterocycles. The molecule has 4 nitrogen and oxygen atoms in total. The van der Waals surface area contributed by atoms with E-state index in [0.717, 1.165) is 11.4 Å². The minimum atomic E-state index is -0.216. The van der Waals surface area contributed by atoms with Crippen molar-refractivity contribution in [2.45, 2.75) is 0 Å². The highest BCUT2D eigenvalue weighted by Crippen LogP contribution is 2.12. The minimum Gasteiger partial charge on any atom is -0.323 e. The molecule has 0 saturated carbocycles. The summed E-state index contributed by atoms with van der Waals surface area (Å²) in [4.78, 5) is 11.0. The molecule has 0 bridgehead atoms. The van der Waals surface area contributed by atoms with Crippen LogP contribution in [0.15, 0.2) is 55.4 Å². The van der Waals surface area contributed by atoms with Gasteiger partial charge in [-0.2, -0.15) is 5.10 Å². The van der Waals surface area contributed by atoms with E-state index < -0.39 is 0 Å². The lowest BCUT2D eigenvalue weighted by molar-refractivity contribution is -0.111. The average Bonchev–Trinajstić information content (AvgIpc) is 2.83. The van der Waals surface area contributed by atoms with Crippen molar-refractivity contribution in [3.05, 3.63) is 55.4 Å². The zero-order chi connectivity index (χ0) is 11.4. The second-order valence-corrected chi connectivity index (χ2v) is 3.19. The van der Waals surface area contributed by atoms with Crippen molar-refractivity contribution in [1.82, 2.24) is 9.78 Å². The molecule has 0 fully saturated rings. The van der Waals surface area contributed by atoms with Crippen LogP contribution in [0.1, 0.15) is 0 Å². The third-order valence-corrected chi connectivity index (χ3v) is 2.09. The first-order chi connectivity index (χ1) is 7.79. The molecule has 0 atom stereocenters. The molecule has 1 amide bonds. The number of carbonyl (C=O) groups excluding carboxylic acids is 1. The number of anilines is 1. The number of hydrogen-bond donors (Lipinski definition) is 1. The van der Waals surface area contributed by atoms with E-state index >= 15 is 0 Å². The van der Waals surface area contributed by atoms with Gasteiger partial charge in [0.05, 0.1) is 5.69 Å². The third-order valence-electron chi connectivity index (χ3n) is 2.09. The molecule has 4 heteroatoms. The molecule has 1 aromatic heterocycles. The molecule has 0 unspecified atom stereocenters. The number of carbonyl (C=O) groups is 1. The van der Waals surface area contributed by atoms with Gasteiger partial charge in [0, 0.05) is 18.1 Å². The number of hydrogen-bond acceptors (Lipinski definition) is 2. The molecule has 80 valence electrons. The van der Waals surface area contributed by atoms with Gasteiger partial charge in [-0.3, -0.25) is 4.79 Å². The molecule has 0 radical (unpaired) electrons. The summed E-state index contributed by atoms with van der Waals surface area (Å²) in [5.74, 6) is -0.216. The first-order valence-electron chi connectivity index (χ1n) is 4.83. The maximum absolute atomic E-state index is 11.0. The predicted octanol–water partition coefficient (Wildman–Crippen LogP) is 2.00. The van der Waals surface area contributed by atoms with E-state index in [0.29, 0.717) is 0 Å². The first-order valence-corrected chi connectivity index (χ1v) is 4.83. The van der Waals surface area contributed by atoms with E-state index in [9.17, 15) is 4.79 Å². The average molecular weight is 213 g/mol. The minimum absolute atomic E-state index is 0.216. The van der Waals surface area contributed by atoms with Crippen LogP contribution in [0.3, 0.4) is 0 Å². The molecule has 16 heavy (non-hydrogen) atoms. The lowest BCUT2D eigenvalue weighted by atomic mass is 10.3. The van der Waals surface area contributed by atoms with Gasteiger partial charge in [0.25, 0.3) is 0 Å². The van der Waals surface area contributed by atoms with E-state index in [1.807, 2.05) is 36.5 Å². The number of rotatable bonds is 3. The second kappa shape index (κ2) is 4.44. The molecule has 0 saturated heterocycles. The van der Waals surface area contributed by atoms with Crippen molar-refractivity contribution in [2.24, 2.45) is 0 Å². The predicted molar refractivity (Wildman–Crippen MR) is 62.4 cm³/mol. The van der Waals surface area contributed by atoms with E-state index in [2.05, 4.69) is 17.0 Å². The fraction of sp³-hybridized carbons (Fsp3) is 0. The molecular formula is C12H11N3O. The highest BCUT2D eigenvalue weighted by atomic mass is 16.1. The van der Waals surface area contributed by atoms with Crippen molar-refractivity contribution in [2.75, 3.05) is 5.32 Å². The number of nitrogens with zero attached hydrogens (tertiary/aromatic N) is 2. The second-order valence-electron chi connectivity index (χ2n) is 3.19. The Morgan fingerprint density at radius 2 is 2.12 bits per heavy atom. The van der Waals surface area contributed by atoms with Gasteiger partial charge in [0.2, 0.25) is 5.91 Å². The van der Waals surface area contributed by atoms with Crippen LogP contribution in [-0.2, 0) is 4.79 Å². The van der Waals surface area contributed by atoms with Gasteiger partial charge in [0.1, 0.15) is 0 Å². The highest BCUT2D eigenvalue weighted by molar-refractivity contribution is 5.98. The van der Waals surface area contributed by atoms with Gasteiger partial charge in [0.15, 0.2) is 0 Å². The van der Waals surface area contributed by atoms with Crippen LogP contribution in [0.4, 0.5) is 5.69 Å². The Balaban J connectivity index is 2.17. The molecule has 1 N–H and O–H groups in total. The maximum Gasteiger partial charge on any atom is 0.247 e. The number of benzene rings is 1. The van der Waals surface area contributed by atoms with E-state index in [4.69, 9.17) is 0 Å². The summed E-state index contributed by atoms with van der Waals surface area (Å²) in [6.45, 7) is 3.39. The largest absolute Gasteiger partial charge is 0.323 e. The Labute approximate surface area is 93.2 Å². The Morgan fingerprint density at radius 3 is 2.69 bits per heavy atom. The Bertz CT molecular complexity index is 485. The van der Waals surface area contributed by atoms with Crippen molar-refractivity contribution >= 4 is 11.6 Å². The smallest absolute Gasteiger partial charge is 0.247 e. The summed E-state index contributed by atoms with van der Waals surface area (Å²) >= 11 is 0. The van der Waals surface area contributed by atoms with Crippen molar-refractivity contribution in [3.63, 3.8) is 0 Å². The molecule has 2 rings (SSSR count). The van der Waals surface area contributed by atoms with Gasteiger partial charge in [-0.15, -0.1) is 0 Å². The molecule has 0 aliphatic carbocycles. The van der Waals surface area contributed by atoms with Gasteiger partial charge >= 0.3 is 0 Å². The Hall–Kier alpha value is -2.36. The fourth-order valence-electron chi connectivity index (χ4n) is 1.31. The van der Waals surface area contributed by atoms with Gasteiger partial charge in [-0.1, -0.05) is 6.58 Å². The lowest BCUT2D eigenvalue weighted by Gasteiger charge is -2.04. The van der Waals surface area contributed by atoms with Crippen LogP contribution in [0, 0.1) is 0 Å². The quantitative estimate of drug-likeness (QED) is 0.792. The van der Waals surface area contributed by atoms with E-state index in [1.54, 1.807) is 10.9 Å². The summed E-state index contributed by atoms with van der Waals surface area (Å²) in [7, 11) is 0. The maximum atomic E-state index is 11.0. The third kappa shape index (κ3) is 2.17. The zero-order valence-corrected chi connectivity index (χ0v) is 8.63. The standard InChI is InChI=1S/C12H11N3O/c1-2-12(16)14-10-4-6-11(7-5-10)15-9-3-8-13-15/h2-9H,1H2,(H,14,16). The fourth-order valence-corrected chi connectivity index (χ4v) is 1.31. The SMILES string of the molecule is C=CC(=O)Nc1ccc(-n2cccn2)cc1.